The summed E-state index contributed by atoms with van der Waals surface area (Å²) in [6.45, 7) is 8.56. The maximum absolute atomic E-state index is 11.7. The molecule has 4 nitrogen and oxygen atoms in total. The standard InChI is InChI=1S/C13H18O4.C3H8.C2H6/c14-13(12-7-2-1-4-9-16-12)17-10-11-6-3-5-8-15-11;1-3-2;1-2/h4-5,8-9,11-12H,1-3,6-7,10H2;3H2,1-2H3;1-2H3. The fraction of sp³-hybridized carbons (Fsp3) is 0.722. The lowest BCUT2D eigenvalue weighted by Gasteiger charge is -2.20. The quantitative estimate of drug-likeness (QED) is 0.706. The average Bonchev–Trinajstić information content (AvgIpc) is 2.86. The Balaban J connectivity index is 0.000000789. The van der Waals surface area contributed by atoms with Gasteiger partial charge in [0.2, 0.25) is 0 Å². The summed E-state index contributed by atoms with van der Waals surface area (Å²) in [6.07, 6.45) is 12.5. The first-order valence-corrected chi connectivity index (χ1v) is 8.55. The van der Waals surface area contributed by atoms with Crippen molar-refractivity contribution in [2.75, 3.05) is 6.61 Å². The van der Waals surface area contributed by atoms with Crippen LogP contribution in [0.25, 0.3) is 0 Å². The fourth-order valence-corrected chi connectivity index (χ4v) is 1.86. The molecular weight excluding hydrogens is 280 g/mol. The topological polar surface area (TPSA) is 44.8 Å². The Bertz CT molecular complexity index is 323. The van der Waals surface area contributed by atoms with Crippen molar-refractivity contribution < 1.29 is 19.0 Å². The Labute approximate surface area is 135 Å². The lowest BCUT2D eigenvalue weighted by molar-refractivity contribution is -0.157. The van der Waals surface area contributed by atoms with E-state index in [1.165, 1.54) is 6.42 Å². The van der Waals surface area contributed by atoms with Gasteiger partial charge in [0.05, 0.1) is 12.5 Å². The van der Waals surface area contributed by atoms with Crippen molar-refractivity contribution in [2.45, 2.75) is 78.4 Å². The molecule has 0 aromatic heterocycles. The van der Waals surface area contributed by atoms with E-state index in [1.54, 1.807) is 12.5 Å². The summed E-state index contributed by atoms with van der Waals surface area (Å²) in [6, 6.07) is 0. The molecule has 0 aliphatic carbocycles. The smallest absolute Gasteiger partial charge is 0.347 e. The summed E-state index contributed by atoms with van der Waals surface area (Å²) < 4.78 is 15.8. The summed E-state index contributed by atoms with van der Waals surface area (Å²) in [4.78, 5) is 11.7. The van der Waals surface area contributed by atoms with Gasteiger partial charge < -0.3 is 14.2 Å². The van der Waals surface area contributed by atoms with Crippen molar-refractivity contribution >= 4 is 5.97 Å². The molecule has 4 heteroatoms. The SMILES string of the molecule is CC.CCC.O=C(OCC1CCC=CO1)C1CCCC=CO1. The van der Waals surface area contributed by atoms with Crippen molar-refractivity contribution in [3.05, 3.63) is 24.7 Å². The first kappa shape index (κ1) is 20.6. The molecule has 0 N–H and O–H groups in total. The molecule has 0 fully saturated rings. The van der Waals surface area contributed by atoms with Crippen molar-refractivity contribution in [1.29, 1.82) is 0 Å². The number of esters is 1. The van der Waals surface area contributed by atoms with E-state index in [4.69, 9.17) is 14.2 Å². The first-order valence-electron chi connectivity index (χ1n) is 8.55. The van der Waals surface area contributed by atoms with Crippen LogP contribution in [0.2, 0.25) is 0 Å². The van der Waals surface area contributed by atoms with Crippen molar-refractivity contribution in [3.8, 4) is 0 Å². The minimum Gasteiger partial charge on any atom is -0.495 e. The Kier molecular flexibility index (Phi) is 13.5. The van der Waals surface area contributed by atoms with Gasteiger partial charge in [0.15, 0.2) is 6.10 Å². The van der Waals surface area contributed by atoms with E-state index < -0.39 is 6.10 Å². The summed E-state index contributed by atoms with van der Waals surface area (Å²) >= 11 is 0. The number of carbonyl (C=O) groups excluding carboxylic acids is 1. The maximum Gasteiger partial charge on any atom is 0.347 e. The van der Waals surface area contributed by atoms with Gasteiger partial charge in [-0.05, 0) is 44.3 Å². The van der Waals surface area contributed by atoms with Gasteiger partial charge in [-0.25, -0.2) is 4.79 Å². The van der Waals surface area contributed by atoms with Crippen LogP contribution in [-0.4, -0.2) is 24.8 Å². The van der Waals surface area contributed by atoms with Gasteiger partial charge in [0.1, 0.15) is 12.7 Å². The van der Waals surface area contributed by atoms with Crippen LogP contribution >= 0.6 is 0 Å². The Morgan fingerprint density at radius 1 is 1.09 bits per heavy atom. The van der Waals surface area contributed by atoms with Crippen LogP contribution in [0.3, 0.4) is 0 Å². The minimum atomic E-state index is -0.451. The third-order valence-corrected chi connectivity index (χ3v) is 2.87. The van der Waals surface area contributed by atoms with E-state index in [0.717, 1.165) is 32.1 Å². The second-order valence-electron chi connectivity index (χ2n) is 4.97. The lowest BCUT2D eigenvalue weighted by Crippen LogP contribution is -2.29. The third-order valence-electron chi connectivity index (χ3n) is 2.87. The molecule has 0 saturated heterocycles. The molecule has 0 aromatic rings. The Hall–Kier alpha value is -1.45. The van der Waals surface area contributed by atoms with Crippen LogP contribution in [0.5, 0.6) is 0 Å². The molecule has 0 aromatic carbocycles. The minimum absolute atomic E-state index is 0.00901. The number of rotatable bonds is 3. The lowest BCUT2D eigenvalue weighted by atomic mass is 10.1. The van der Waals surface area contributed by atoms with Gasteiger partial charge >= 0.3 is 5.97 Å². The monoisotopic (exact) mass is 312 g/mol. The molecule has 0 bridgehead atoms. The first-order chi connectivity index (χ1) is 10.8. The summed E-state index contributed by atoms with van der Waals surface area (Å²) in [5, 5.41) is 0. The molecule has 2 aliphatic rings. The zero-order chi connectivity index (χ0) is 16.6. The predicted molar refractivity (Wildman–Crippen MR) is 89.4 cm³/mol. The molecule has 2 rings (SSSR count). The van der Waals surface area contributed by atoms with Gasteiger partial charge in [-0.2, -0.15) is 0 Å². The summed E-state index contributed by atoms with van der Waals surface area (Å²) in [5.74, 6) is -0.283. The number of hydrogen-bond donors (Lipinski definition) is 0. The van der Waals surface area contributed by atoms with Gasteiger partial charge in [-0.3, -0.25) is 0 Å². The molecule has 22 heavy (non-hydrogen) atoms. The summed E-state index contributed by atoms with van der Waals surface area (Å²) in [7, 11) is 0. The Morgan fingerprint density at radius 2 is 1.73 bits per heavy atom. The highest BCUT2D eigenvalue weighted by atomic mass is 16.6. The number of carbonyl (C=O) groups is 1. The zero-order valence-corrected chi connectivity index (χ0v) is 14.5. The third kappa shape index (κ3) is 9.48. The van der Waals surface area contributed by atoms with Crippen molar-refractivity contribution in [3.63, 3.8) is 0 Å². The maximum atomic E-state index is 11.7. The highest BCUT2D eigenvalue weighted by Crippen LogP contribution is 2.14. The molecule has 0 amide bonds. The van der Waals surface area contributed by atoms with Crippen LogP contribution in [0.1, 0.15) is 66.2 Å². The number of hydrogen-bond acceptors (Lipinski definition) is 4. The summed E-state index contributed by atoms with van der Waals surface area (Å²) in [5.41, 5.74) is 0. The number of allylic oxidation sites excluding steroid dienone is 2. The highest BCUT2D eigenvalue weighted by Gasteiger charge is 2.23. The number of ether oxygens (including phenoxy) is 3. The van der Waals surface area contributed by atoms with E-state index >= 15 is 0 Å². The van der Waals surface area contributed by atoms with Gasteiger partial charge in [-0.15, -0.1) is 0 Å². The van der Waals surface area contributed by atoms with Crippen LogP contribution < -0.4 is 0 Å². The van der Waals surface area contributed by atoms with Gasteiger partial charge in [-0.1, -0.05) is 34.1 Å². The van der Waals surface area contributed by atoms with E-state index in [-0.39, 0.29) is 12.1 Å². The molecular formula is C18H32O4. The van der Waals surface area contributed by atoms with Crippen LogP contribution in [0, 0.1) is 0 Å². The molecule has 2 atom stereocenters. The second-order valence-corrected chi connectivity index (χ2v) is 4.97. The zero-order valence-electron chi connectivity index (χ0n) is 14.5. The van der Waals surface area contributed by atoms with Crippen molar-refractivity contribution in [1.82, 2.24) is 0 Å². The molecule has 2 aliphatic heterocycles. The molecule has 0 saturated carbocycles. The molecule has 0 spiro atoms. The normalized spacial score (nSPS) is 22.5. The fourth-order valence-electron chi connectivity index (χ4n) is 1.86. The van der Waals surface area contributed by atoms with Crippen LogP contribution in [-0.2, 0) is 19.0 Å². The largest absolute Gasteiger partial charge is 0.495 e. The van der Waals surface area contributed by atoms with Crippen LogP contribution in [0.15, 0.2) is 24.7 Å². The van der Waals surface area contributed by atoms with E-state index in [0.29, 0.717) is 6.61 Å². The second kappa shape index (κ2) is 14.5. The Morgan fingerprint density at radius 3 is 2.36 bits per heavy atom. The van der Waals surface area contributed by atoms with Gasteiger partial charge in [0, 0.05) is 0 Å². The van der Waals surface area contributed by atoms with Crippen molar-refractivity contribution in [2.24, 2.45) is 0 Å². The van der Waals surface area contributed by atoms with E-state index in [9.17, 15) is 4.79 Å². The van der Waals surface area contributed by atoms with Crippen LogP contribution in [0.4, 0.5) is 0 Å². The van der Waals surface area contributed by atoms with E-state index in [2.05, 4.69) is 13.8 Å². The van der Waals surface area contributed by atoms with Gasteiger partial charge in [0.25, 0.3) is 0 Å². The predicted octanol–water partition coefficient (Wildman–Crippen LogP) is 4.75. The van der Waals surface area contributed by atoms with E-state index in [1.807, 2.05) is 26.0 Å². The molecule has 128 valence electrons. The molecule has 2 unspecified atom stereocenters. The highest BCUT2D eigenvalue weighted by molar-refractivity contribution is 5.74. The molecule has 0 radical (unpaired) electrons. The molecule has 2 heterocycles. The average molecular weight is 312 g/mol.